The maximum atomic E-state index is 12.4. The number of carbonyl (C=O) groups is 2. The molecule has 4 nitrogen and oxygen atoms in total. The molecule has 0 aliphatic carbocycles. The summed E-state index contributed by atoms with van der Waals surface area (Å²) in [5.74, 6) is -0.761. The minimum absolute atomic E-state index is 0.375. The maximum Gasteiger partial charge on any atom is 0.338 e. The molecule has 0 heterocycles. The van der Waals surface area contributed by atoms with E-state index >= 15 is 0 Å². The van der Waals surface area contributed by atoms with Gasteiger partial charge in [0.2, 0.25) is 0 Å². The largest absolute Gasteiger partial charge is 0.456 e. The van der Waals surface area contributed by atoms with Gasteiger partial charge >= 0.3 is 11.9 Å². The first-order chi connectivity index (χ1) is 12.2. The van der Waals surface area contributed by atoms with Gasteiger partial charge in [0, 0.05) is 6.42 Å². The summed E-state index contributed by atoms with van der Waals surface area (Å²) in [6.07, 6.45) is 1.01. The van der Waals surface area contributed by atoms with Crippen molar-refractivity contribution in [3.05, 3.63) is 71.8 Å². The molecule has 0 fully saturated rings. The lowest BCUT2D eigenvalue weighted by Crippen LogP contribution is -2.41. The standard InChI is InChI=1S/C22H26O4/c1-5-22(4,26-20(24)18-14-10-7-11-15-18)16-21(2,3)25-19(23)17-12-8-6-9-13-17/h6-15H,5,16H2,1-4H3. The van der Waals surface area contributed by atoms with Crippen LogP contribution in [0.1, 0.15) is 61.3 Å². The lowest BCUT2D eigenvalue weighted by atomic mass is 9.88. The first kappa shape index (κ1) is 19.7. The molecule has 1 unspecified atom stereocenters. The zero-order chi connectivity index (χ0) is 19.2. The highest BCUT2D eigenvalue weighted by Crippen LogP contribution is 2.31. The Morgan fingerprint density at radius 1 is 0.769 bits per heavy atom. The number of benzene rings is 2. The number of hydrogen-bond acceptors (Lipinski definition) is 4. The van der Waals surface area contributed by atoms with Gasteiger partial charge in [-0.3, -0.25) is 0 Å². The van der Waals surface area contributed by atoms with E-state index in [0.29, 0.717) is 24.0 Å². The van der Waals surface area contributed by atoms with Crippen LogP contribution in [0.3, 0.4) is 0 Å². The molecule has 0 aliphatic heterocycles. The molecule has 0 aromatic heterocycles. The number of esters is 2. The van der Waals surface area contributed by atoms with Gasteiger partial charge in [0.15, 0.2) is 0 Å². The van der Waals surface area contributed by atoms with E-state index in [1.165, 1.54) is 0 Å². The molecule has 0 aliphatic rings. The van der Waals surface area contributed by atoms with Crippen LogP contribution in [0.5, 0.6) is 0 Å². The number of ether oxygens (including phenoxy) is 2. The van der Waals surface area contributed by atoms with Gasteiger partial charge < -0.3 is 9.47 Å². The van der Waals surface area contributed by atoms with Gasteiger partial charge in [-0.15, -0.1) is 0 Å². The molecule has 2 rings (SSSR count). The topological polar surface area (TPSA) is 52.6 Å². The van der Waals surface area contributed by atoms with Crippen LogP contribution in [0.4, 0.5) is 0 Å². The second kappa shape index (κ2) is 8.17. The van der Waals surface area contributed by atoms with Crippen LogP contribution in [-0.4, -0.2) is 23.1 Å². The molecular weight excluding hydrogens is 328 g/mol. The predicted octanol–water partition coefficient (Wildman–Crippen LogP) is 5.04. The zero-order valence-corrected chi connectivity index (χ0v) is 15.8. The monoisotopic (exact) mass is 354 g/mol. The van der Waals surface area contributed by atoms with E-state index < -0.39 is 11.2 Å². The molecule has 138 valence electrons. The van der Waals surface area contributed by atoms with E-state index in [1.54, 1.807) is 48.5 Å². The molecule has 0 saturated heterocycles. The Bertz CT molecular complexity index is 737. The number of hydrogen-bond donors (Lipinski definition) is 0. The average molecular weight is 354 g/mol. The molecule has 26 heavy (non-hydrogen) atoms. The van der Waals surface area contributed by atoms with Crippen molar-refractivity contribution in [3.63, 3.8) is 0 Å². The summed E-state index contributed by atoms with van der Waals surface area (Å²) >= 11 is 0. The smallest absolute Gasteiger partial charge is 0.338 e. The van der Waals surface area contributed by atoms with Crippen LogP contribution in [-0.2, 0) is 9.47 Å². The van der Waals surface area contributed by atoms with Crippen LogP contribution in [0.15, 0.2) is 60.7 Å². The second-order valence-electron chi connectivity index (χ2n) is 7.25. The highest BCUT2D eigenvalue weighted by molar-refractivity contribution is 5.90. The summed E-state index contributed by atoms with van der Waals surface area (Å²) in [7, 11) is 0. The molecule has 0 N–H and O–H groups in total. The normalized spacial score (nSPS) is 13.5. The van der Waals surface area contributed by atoms with Crippen LogP contribution in [0, 0.1) is 0 Å². The van der Waals surface area contributed by atoms with Gasteiger partial charge in [0.25, 0.3) is 0 Å². The van der Waals surface area contributed by atoms with Crippen LogP contribution in [0.25, 0.3) is 0 Å². The second-order valence-corrected chi connectivity index (χ2v) is 7.25. The third kappa shape index (κ3) is 5.45. The van der Waals surface area contributed by atoms with Gasteiger partial charge in [-0.2, -0.15) is 0 Å². The van der Waals surface area contributed by atoms with Crippen molar-refractivity contribution in [1.82, 2.24) is 0 Å². The molecule has 0 amide bonds. The van der Waals surface area contributed by atoms with Crippen molar-refractivity contribution < 1.29 is 19.1 Å². The van der Waals surface area contributed by atoms with E-state index in [-0.39, 0.29) is 11.9 Å². The molecule has 2 aromatic rings. The SMILES string of the molecule is CCC(C)(CC(C)(C)OC(=O)c1ccccc1)OC(=O)c1ccccc1. The van der Waals surface area contributed by atoms with E-state index in [2.05, 4.69) is 0 Å². The Labute approximate surface area is 155 Å². The minimum atomic E-state index is -0.783. The Kier molecular flexibility index (Phi) is 6.19. The molecule has 4 heteroatoms. The number of rotatable bonds is 7. The van der Waals surface area contributed by atoms with Crippen molar-refractivity contribution >= 4 is 11.9 Å². The molecule has 0 radical (unpaired) electrons. The van der Waals surface area contributed by atoms with Crippen molar-refractivity contribution in [1.29, 1.82) is 0 Å². The van der Waals surface area contributed by atoms with Gasteiger partial charge in [0.05, 0.1) is 11.1 Å². The van der Waals surface area contributed by atoms with Crippen LogP contribution >= 0.6 is 0 Å². The van der Waals surface area contributed by atoms with Crippen LogP contribution < -0.4 is 0 Å². The van der Waals surface area contributed by atoms with Crippen molar-refractivity contribution in [2.75, 3.05) is 0 Å². The molecule has 0 saturated carbocycles. The van der Waals surface area contributed by atoms with Crippen molar-refractivity contribution in [3.8, 4) is 0 Å². The zero-order valence-electron chi connectivity index (χ0n) is 15.8. The lowest BCUT2D eigenvalue weighted by Gasteiger charge is -2.36. The Morgan fingerprint density at radius 3 is 1.62 bits per heavy atom. The summed E-state index contributed by atoms with van der Waals surface area (Å²) in [5, 5.41) is 0. The van der Waals surface area contributed by atoms with Crippen molar-refractivity contribution in [2.45, 2.75) is 51.7 Å². The molecular formula is C22H26O4. The maximum absolute atomic E-state index is 12.4. The molecule has 0 bridgehead atoms. The fourth-order valence-electron chi connectivity index (χ4n) is 2.91. The third-order valence-corrected chi connectivity index (χ3v) is 4.27. The highest BCUT2D eigenvalue weighted by atomic mass is 16.6. The highest BCUT2D eigenvalue weighted by Gasteiger charge is 2.37. The molecule has 1 atom stereocenters. The van der Waals surface area contributed by atoms with Gasteiger partial charge in [-0.25, -0.2) is 9.59 Å². The van der Waals surface area contributed by atoms with E-state index in [1.807, 2.05) is 39.8 Å². The minimum Gasteiger partial charge on any atom is -0.456 e. The summed E-state index contributed by atoms with van der Waals surface area (Å²) in [4.78, 5) is 24.8. The van der Waals surface area contributed by atoms with Gasteiger partial charge in [-0.05, 0) is 51.5 Å². The molecule has 0 spiro atoms. The number of carbonyl (C=O) groups excluding carboxylic acids is 2. The lowest BCUT2D eigenvalue weighted by molar-refractivity contribution is -0.0673. The third-order valence-electron chi connectivity index (χ3n) is 4.27. The summed E-state index contributed by atoms with van der Waals surface area (Å²) in [6.45, 7) is 7.48. The fraction of sp³-hybridized carbons (Fsp3) is 0.364. The van der Waals surface area contributed by atoms with E-state index in [9.17, 15) is 9.59 Å². The summed E-state index contributed by atoms with van der Waals surface area (Å²) in [6, 6.07) is 17.7. The van der Waals surface area contributed by atoms with Crippen molar-refractivity contribution in [2.24, 2.45) is 0 Å². The summed E-state index contributed by atoms with van der Waals surface area (Å²) < 4.78 is 11.4. The predicted molar refractivity (Wildman–Crippen MR) is 101 cm³/mol. The summed E-state index contributed by atoms with van der Waals surface area (Å²) in [5.41, 5.74) is -0.520. The first-order valence-electron chi connectivity index (χ1n) is 8.81. The average Bonchev–Trinajstić information content (AvgIpc) is 2.62. The Hall–Kier alpha value is -2.62. The first-order valence-corrected chi connectivity index (χ1v) is 8.81. The Morgan fingerprint density at radius 2 is 1.19 bits per heavy atom. The van der Waals surface area contributed by atoms with Gasteiger partial charge in [-0.1, -0.05) is 43.3 Å². The fourth-order valence-corrected chi connectivity index (χ4v) is 2.91. The van der Waals surface area contributed by atoms with Gasteiger partial charge in [0.1, 0.15) is 11.2 Å². The van der Waals surface area contributed by atoms with E-state index in [0.717, 1.165) is 0 Å². The van der Waals surface area contributed by atoms with E-state index in [4.69, 9.17) is 9.47 Å². The van der Waals surface area contributed by atoms with Crippen LogP contribution in [0.2, 0.25) is 0 Å². The quantitative estimate of drug-likeness (QED) is 0.654. The molecule has 2 aromatic carbocycles. The Balaban J connectivity index is 2.06.